The molecule has 0 saturated carbocycles. The minimum Gasteiger partial charge on any atom is -0.358 e. The second-order valence-corrected chi connectivity index (χ2v) is 4.80. The van der Waals surface area contributed by atoms with Crippen LogP contribution in [0.15, 0.2) is 22.7 Å². The van der Waals surface area contributed by atoms with E-state index < -0.39 is 0 Å². The van der Waals surface area contributed by atoms with E-state index in [0.29, 0.717) is 17.1 Å². The van der Waals surface area contributed by atoms with Gasteiger partial charge >= 0.3 is 0 Å². The van der Waals surface area contributed by atoms with Gasteiger partial charge in [0.2, 0.25) is 5.91 Å². The van der Waals surface area contributed by atoms with Crippen LogP contribution in [0.3, 0.4) is 0 Å². The summed E-state index contributed by atoms with van der Waals surface area (Å²) >= 11 is 4.58. The number of carbonyl (C=O) groups excluding carboxylic acids is 1. The third kappa shape index (κ3) is 4.22. The molecule has 1 amide bonds. The molecule has 0 aliphatic carbocycles. The Morgan fingerprint density at radius 2 is 2.33 bits per heavy atom. The Morgan fingerprint density at radius 3 is 2.93 bits per heavy atom. The highest BCUT2D eigenvalue weighted by molar-refractivity contribution is 9.10. The van der Waals surface area contributed by atoms with Crippen molar-refractivity contribution in [2.24, 2.45) is 0 Å². The first-order valence-corrected chi connectivity index (χ1v) is 6.30. The molecule has 2 nitrogen and oxygen atoms in total. The van der Waals surface area contributed by atoms with Crippen LogP contribution in [0.25, 0.3) is 0 Å². The lowest BCUT2D eigenvalue weighted by molar-refractivity contribution is -0.118. The molecule has 0 unspecified atom stereocenters. The Labute approximate surface area is 101 Å². The third-order valence-corrected chi connectivity index (χ3v) is 3.26. The van der Waals surface area contributed by atoms with Crippen molar-refractivity contribution in [3.63, 3.8) is 0 Å². The van der Waals surface area contributed by atoms with Gasteiger partial charge in [0.05, 0.1) is 5.75 Å². The Hall–Kier alpha value is -0.550. The lowest BCUT2D eigenvalue weighted by Crippen LogP contribution is -2.19. The molecule has 0 fully saturated rings. The molecule has 82 valence electrons. The van der Waals surface area contributed by atoms with Crippen molar-refractivity contribution in [3.8, 4) is 0 Å². The summed E-state index contributed by atoms with van der Waals surface area (Å²) in [6, 6.07) is 4.94. The van der Waals surface area contributed by atoms with Gasteiger partial charge in [0, 0.05) is 17.3 Å². The zero-order valence-electron chi connectivity index (χ0n) is 8.22. The number of nitrogens with one attached hydrogen (secondary N) is 1. The van der Waals surface area contributed by atoms with Crippen LogP contribution >= 0.6 is 27.7 Å². The Balaban J connectivity index is 2.47. The summed E-state index contributed by atoms with van der Waals surface area (Å²) in [5, 5.41) is 2.51. The lowest BCUT2D eigenvalue weighted by Gasteiger charge is -2.03. The Kier molecular flexibility index (Phi) is 5.11. The van der Waals surface area contributed by atoms with Crippen LogP contribution in [-0.2, 0) is 10.5 Å². The maximum Gasteiger partial charge on any atom is 0.229 e. The van der Waals surface area contributed by atoms with Gasteiger partial charge in [-0.25, -0.2) is 4.39 Å². The van der Waals surface area contributed by atoms with E-state index in [9.17, 15) is 9.18 Å². The summed E-state index contributed by atoms with van der Waals surface area (Å²) in [4.78, 5) is 10.9. The molecule has 0 aromatic heterocycles. The van der Waals surface area contributed by atoms with Gasteiger partial charge in [0.25, 0.3) is 0 Å². The van der Waals surface area contributed by atoms with Crippen molar-refractivity contribution < 1.29 is 9.18 Å². The van der Waals surface area contributed by atoms with Gasteiger partial charge < -0.3 is 5.32 Å². The number of halogens is 2. The van der Waals surface area contributed by atoms with Gasteiger partial charge in [-0.15, -0.1) is 11.8 Å². The highest BCUT2D eigenvalue weighted by atomic mass is 79.9. The van der Waals surface area contributed by atoms with Crippen molar-refractivity contribution in [1.82, 2.24) is 5.32 Å². The Morgan fingerprint density at radius 1 is 1.60 bits per heavy atom. The lowest BCUT2D eigenvalue weighted by atomic mass is 10.2. The average Bonchev–Trinajstić information content (AvgIpc) is 2.21. The van der Waals surface area contributed by atoms with E-state index in [1.807, 2.05) is 0 Å². The fourth-order valence-electron chi connectivity index (χ4n) is 0.965. The van der Waals surface area contributed by atoms with Crippen LogP contribution < -0.4 is 5.32 Å². The summed E-state index contributed by atoms with van der Waals surface area (Å²) in [5.74, 6) is 0.574. The number of thioether (sulfide) groups is 1. The summed E-state index contributed by atoms with van der Waals surface area (Å²) in [5.41, 5.74) is 0.618. The number of rotatable bonds is 4. The van der Waals surface area contributed by atoms with Gasteiger partial charge in [-0.3, -0.25) is 4.79 Å². The van der Waals surface area contributed by atoms with Crippen molar-refractivity contribution in [2.45, 2.75) is 5.75 Å². The van der Waals surface area contributed by atoms with Gasteiger partial charge in [0.1, 0.15) is 5.82 Å². The fraction of sp³-hybridized carbons (Fsp3) is 0.300. The summed E-state index contributed by atoms with van der Waals surface area (Å²) in [6.45, 7) is 0. The zero-order valence-corrected chi connectivity index (χ0v) is 10.6. The molecule has 0 atom stereocenters. The molecule has 1 aromatic rings. The van der Waals surface area contributed by atoms with Crippen molar-refractivity contribution in [3.05, 3.63) is 34.1 Å². The third-order valence-electron chi connectivity index (χ3n) is 1.78. The fourth-order valence-corrected chi connectivity index (χ4v) is 2.18. The van der Waals surface area contributed by atoms with Crippen LogP contribution in [0.5, 0.6) is 0 Å². The summed E-state index contributed by atoms with van der Waals surface area (Å²) in [7, 11) is 1.59. The van der Waals surface area contributed by atoms with Crippen LogP contribution in [-0.4, -0.2) is 18.7 Å². The zero-order chi connectivity index (χ0) is 11.3. The molecular formula is C10H11BrFNOS. The molecule has 0 aliphatic heterocycles. The summed E-state index contributed by atoms with van der Waals surface area (Å²) < 4.78 is 14.0. The highest BCUT2D eigenvalue weighted by Crippen LogP contribution is 2.19. The second kappa shape index (κ2) is 6.12. The Bertz CT molecular complexity index is 359. The minimum absolute atomic E-state index is 0.0440. The van der Waals surface area contributed by atoms with E-state index in [2.05, 4.69) is 21.2 Å². The predicted molar refractivity (Wildman–Crippen MR) is 64.3 cm³/mol. The highest BCUT2D eigenvalue weighted by Gasteiger charge is 2.04. The molecule has 0 heterocycles. The molecule has 0 saturated heterocycles. The van der Waals surface area contributed by atoms with Gasteiger partial charge in [-0.1, -0.05) is 22.0 Å². The first-order chi connectivity index (χ1) is 7.13. The first-order valence-electron chi connectivity index (χ1n) is 4.35. The molecular weight excluding hydrogens is 281 g/mol. The molecule has 5 heteroatoms. The quantitative estimate of drug-likeness (QED) is 0.924. The number of hydrogen-bond acceptors (Lipinski definition) is 2. The van der Waals surface area contributed by atoms with Crippen molar-refractivity contribution >= 4 is 33.6 Å². The topological polar surface area (TPSA) is 29.1 Å². The molecule has 0 aliphatic rings. The van der Waals surface area contributed by atoms with Crippen molar-refractivity contribution in [2.75, 3.05) is 12.8 Å². The number of benzene rings is 1. The average molecular weight is 292 g/mol. The number of hydrogen-bond donors (Lipinski definition) is 1. The monoisotopic (exact) mass is 291 g/mol. The van der Waals surface area contributed by atoms with E-state index >= 15 is 0 Å². The largest absolute Gasteiger partial charge is 0.358 e. The first kappa shape index (κ1) is 12.5. The van der Waals surface area contributed by atoms with Crippen LogP contribution in [0.1, 0.15) is 5.56 Å². The van der Waals surface area contributed by atoms with E-state index in [-0.39, 0.29) is 11.7 Å². The van der Waals surface area contributed by atoms with Crippen LogP contribution in [0.2, 0.25) is 0 Å². The number of carbonyl (C=O) groups is 1. The summed E-state index contributed by atoms with van der Waals surface area (Å²) in [6.07, 6.45) is 0. The normalized spacial score (nSPS) is 10.1. The predicted octanol–water partition coefficient (Wildman–Crippen LogP) is 2.57. The smallest absolute Gasteiger partial charge is 0.229 e. The molecule has 1 rings (SSSR count). The minimum atomic E-state index is -0.242. The second-order valence-electron chi connectivity index (χ2n) is 2.90. The van der Waals surface area contributed by atoms with E-state index in [4.69, 9.17) is 0 Å². The van der Waals surface area contributed by atoms with E-state index in [1.54, 1.807) is 19.2 Å². The van der Waals surface area contributed by atoms with Gasteiger partial charge in [0.15, 0.2) is 0 Å². The van der Waals surface area contributed by atoms with Gasteiger partial charge in [-0.2, -0.15) is 0 Å². The molecule has 15 heavy (non-hydrogen) atoms. The van der Waals surface area contributed by atoms with Crippen molar-refractivity contribution in [1.29, 1.82) is 0 Å². The standard InChI is InChI=1S/C10H11BrFNOS/c1-13-10(14)6-15-5-7-2-3-8(11)4-9(7)12/h2-4H,5-6H2,1H3,(H,13,14). The molecule has 1 aromatic carbocycles. The van der Waals surface area contributed by atoms with Crippen LogP contribution in [0.4, 0.5) is 4.39 Å². The molecule has 0 spiro atoms. The van der Waals surface area contributed by atoms with Crippen LogP contribution in [0, 0.1) is 5.82 Å². The molecule has 0 bridgehead atoms. The van der Waals surface area contributed by atoms with E-state index in [1.165, 1.54) is 17.8 Å². The molecule has 0 radical (unpaired) electrons. The molecule has 1 N–H and O–H groups in total. The van der Waals surface area contributed by atoms with Gasteiger partial charge in [-0.05, 0) is 17.7 Å². The van der Waals surface area contributed by atoms with E-state index in [0.717, 1.165) is 4.47 Å². The number of amides is 1. The SMILES string of the molecule is CNC(=O)CSCc1ccc(Br)cc1F. The maximum absolute atomic E-state index is 13.3. The maximum atomic E-state index is 13.3.